The van der Waals surface area contributed by atoms with Crippen molar-refractivity contribution in [2.75, 3.05) is 0 Å². The van der Waals surface area contributed by atoms with Gasteiger partial charge < -0.3 is 0 Å². The molecule has 0 spiro atoms. The first-order chi connectivity index (χ1) is 6.24. The van der Waals surface area contributed by atoms with Crippen LogP contribution >= 0.6 is 0 Å². The Morgan fingerprint density at radius 3 is 2.54 bits per heavy atom. The van der Waals surface area contributed by atoms with E-state index >= 15 is 0 Å². The van der Waals surface area contributed by atoms with Crippen LogP contribution in [0.1, 0.15) is 23.7 Å². The number of halogens is 1. The summed E-state index contributed by atoms with van der Waals surface area (Å²) >= 11 is 0. The van der Waals surface area contributed by atoms with Crippen LogP contribution in [0.5, 0.6) is 0 Å². The highest BCUT2D eigenvalue weighted by Gasteiger charge is 2.02. The summed E-state index contributed by atoms with van der Waals surface area (Å²) in [5, 5.41) is 0. The molecule has 0 aromatic heterocycles. The summed E-state index contributed by atoms with van der Waals surface area (Å²) in [6.45, 7) is 1.68. The predicted molar refractivity (Wildman–Crippen MR) is 48.8 cm³/mol. The smallest absolute Gasteiger partial charge is 0.174 e. The van der Waals surface area contributed by atoms with Crippen molar-refractivity contribution >= 4 is 5.78 Å². The first kappa shape index (κ1) is 9.47. The van der Waals surface area contributed by atoms with Crippen molar-refractivity contribution in [3.63, 3.8) is 0 Å². The van der Waals surface area contributed by atoms with E-state index in [0.29, 0.717) is 5.56 Å². The van der Waals surface area contributed by atoms with Crippen LogP contribution in [0, 0.1) is 17.7 Å². The van der Waals surface area contributed by atoms with Crippen LogP contribution in [0.2, 0.25) is 0 Å². The van der Waals surface area contributed by atoms with Gasteiger partial charge in [-0.15, -0.1) is 5.92 Å². The highest BCUT2D eigenvalue weighted by molar-refractivity contribution is 5.97. The fourth-order valence-corrected chi connectivity index (χ4v) is 0.907. The molecule has 0 unspecified atom stereocenters. The molecule has 13 heavy (non-hydrogen) atoms. The number of Topliss-reactive ketones (excluding diaryl/α,β-unsaturated/α-hetero) is 1. The Balaban J connectivity index is 2.76. The van der Waals surface area contributed by atoms with E-state index in [4.69, 9.17) is 0 Å². The highest BCUT2D eigenvalue weighted by atomic mass is 19.1. The zero-order valence-corrected chi connectivity index (χ0v) is 7.30. The van der Waals surface area contributed by atoms with Crippen molar-refractivity contribution in [2.24, 2.45) is 0 Å². The number of rotatable bonds is 2. The number of hydrogen-bond donors (Lipinski definition) is 0. The highest BCUT2D eigenvalue weighted by Crippen LogP contribution is 2.04. The van der Waals surface area contributed by atoms with Crippen LogP contribution < -0.4 is 0 Å². The average Bonchev–Trinajstić information content (AvgIpc) is 2.15. The summed E-state index contributed by atoms with van der Waals surface area (Å²) in [5.41, 5.74) is 0.504. The lowest BCUT2D eigenvalue weighted by Crippen LogP contribution is -1.96. The molecule has 0 N–H and O–H groups in total. The number of benzene rings is 1. The third-order valence-corrected chi connectivity index (χ3v) is 1.59. The molecule has 0 aliphatic rings. The van der Waals surface area contributed by atoms with Gasteiger partial charge in [0, 0.05) is 5.56 Å². The molecule has 0 aliphatic carbocycles. The summed E-state index contributed by atoms with van der Waals surface area (Å²) < 4.78 is 12.5. The van der Waals surface area contributed by atoms with E-state index < -0.39 is 0 Å². The molecular formula is C11H9FO. The molecule has 2 heteroatoms. The average molecular weight is 176 g/mol. The third-order valence-electron chi connectivity index (χ3n) is 1.59. The van der Waals surface area contributed by atoms with E-state index in [1.807, 2.05) is 0 Å². The Labute approximate surface area is 76.6 Å². The van der Waals surface area contributed by atoms with E-state index in [9.17, 15) is 9.18 Å². The van der Waals surface area contributed by atoms with Crippen LogP contribution in [0.15, 0.2) is 24.3 Å². The summed E-state index contributed by atoms with van der Waals surface area (Å²) in [5.74, 6) is 4.89. The van der Waals surface area contributed by atoms with Crippen LogP contribution in [-0.2, 0) is 0 Å². The standard InChI is InChI=1S/C11H9FO/c1-2-3-4-11(13)9-5-7-10(12)8-6-9/h5-8H,4H2,1H3. The Hall–Kier alpha value is -1.62. The Morgan fingerprint density at radius 1 is 1.38 bits per heavy atom. The molecule has 0 atom stereocenters. The van der Waals surface area contributed by atoms with Gasteiger partial charge in [-0.1, -0.05) is 5.92 Å². The summed E-state index contributed by atoms with van der Waals surface area (Å²) in [4.78, 5) is 11.3. The first-order valence-electron chi connectivity index (χ1n) is 3.92. The number of carbonyl (C=O) groups excluding carboxylic acids is 1. The van der Waals surface area contributed by atoms with Gasteiger partial charge in [0.25, 0.3) is 0 Å². The minimum Gasteiger partial charge on any atom is -0.293 e. The maximum absolute atomic E-state index is 12.5. The zero-order chi connectivity index (χ0) is 9.68. The van der Waals surface area contributed by atoms with Crippen molar-refractivity contribution in [1.82, 2.24) is 0 Å². The van der Waals surface area contributed by atoms with Gasteiger partial charge in [0.15, 0.2) is 5.78 Å². The molecule has 0 bridgehead atoms. The number of carbonyl (C=O) groups is 1. The molecule has 0 fully saturated rings. The topological polar surface area (TPSA) is 17.1 Å². The van der Waals surface area contributed by atoms with Gasteiger partial charge in [0.1, 0.15) is 5.82 Å². The fraction of sp³-hybridized carbons (Fsp3) is 0.182. The molecule has 0 heterocycles. The molecular weight excluding hydrogens is 167 g/mol. The normalized spacial score (nSPS) is 8.77. The fourth-order valence-electron chi connectivity index (χ4n) is 0.907. The minimum atomic E-state index is -0.335. The van der Waals surface area contributed by atoms with Gasteiger partial charge in [-0.05, 0) is 31.2 Å². The van der Waals surface area contributed by atoms with Crippen molar-refractivity contribution in [3.8, 4) is 11.8 Å². The number of hydrogen-bond acceptors (Lipinski definition) is 1. The maximum Gasteiger partial charge on any atom is 0.174 e. The SMILES string of the molecule is CC#CCC(=O)c1ccc(F)cc1. The molecule has 0 amide bonds. The third kappa shape index (κ3) is 2.72. The minimum absolute atomic E-state index is 0.0747. The van der Waals surface area contributed by atoms with E-state index in [1.165, 1.54) is 24.3 Å². The van der Waals surface area contributed by atoms with Crippen molar-refractivity contribution in [2.45, 2.75) is 13.3 Å². The molecule has 0 aliphatic heterocycles. The largest absolute Gasteiger partial charge is 0.293 e. The molecule has 1 aromatic rings. The summed E-state index contributed by atoms with van der Waals surface area (Å²) in [7, 11) is 0. The van der Waals surface area contributed by atoms with Gasteiger partial charge in [-0.25, -0.2) is 4.39 Å². The van der Waals surface area contributed by atoms with Crippen molar-refractivity contribution in [3.05, 3.63) is 35.6 Å². The van der Waals surface area contributed by atoms with E-state index in [1.54, 1.807) is 6.92 Å². The van der Waals surface area contributed by atoms with Crippen LogP contribution in [-0.4, -0.2) is 5.78 Å². The van der Waals surface area contributed by atoms with Crippen molar-refractivity contribution < 1.29 is 9.18 Å². The first-order valence-corrected chi connectivity index (χ1v) is 3.92. The monoisotopic (exact) mass is 176 g/mol. The van der Waals surface area contributed by atoms with Gasteiger partial charge in [-0.2, -0.15) is 0 Å². The lowest BCUT2D eigenvalue weighted by atomic mass is 10.1. The predicted octanol–water partition coefficient (Wildman–Crippen LogP) is 2.42. The van der Waals surface area contributed by atoms with E-state index in [-0.39, 0.29) is 18.0 Å². The molecule has 1 aromatic carbocycles. The second-order valence-corrected chi connectivity index (χ2v) is 2.53. The molecule has 0 saturated heterocycles. The van der Waals surface area contributed by atoms with E-state index in [2.05, 4.69) is 11.8 Å². The van der Waals surface area contributed by atoms with Gasteiger partial charge in [0.05, 0.1) is 6.42 Å². The molecule has 1 nitrogen and oxygen atoms in total. The van der Waals surface area contributed by atoms with Gasteiger partial charge in [0.2, 0.25) is 0 Å². The van der Waals surface area contributed by atoms with Crippen LogP contribution in [0.3, 0.4) is 0 Å². The summed E-state index contributed by atoms with van der Waals surface area (Å²) in [6.07, 6.45) is 0.197. The molecule has 66 valence electrons. The Morgan fingerprint density at radius 2 is 2.00 bits per heavy atom. The zero-order valence-electron chi connectivity index (χ0n) is 7.30. The van der Waals surface area contributed by atoms with Crippen molar-refractivity contribution in [1.29, 1.82) is 0 Å². The second kappa shape index (κ2) is 4.42. The molecule has 0 saturated carbocycles. The van der Waals surface area contributed by atoms with Gasteiger partial charge >= 0.3 is 0 Å². The van der Waals surface area contributed by atoms with Gasteiger partial charge in [-0.3, -0.25) is 4.79 Å². The van der Waals surface area contributed by atoms with E-state index in [0.717, 1.165) is 0 Å². The molecule has 0 radical (unpaired) electrons. The number of ketones is 1. The van der Waals surface area contributed by atoms with Crippen LogP contribution in [0.25, 0.3) is 0 Å². The lowest BCUT2D eigenvalue weighted by molar-refractivity contribution is 0.0998. The molecule has 1 rings (SSSR count). The Kier molecular flexibility index (Phi) is 3.22. The van der Waals surface area contributed by atoms with Crippen LogP contribution in [0.4, 0.5) is 4.39 Å². The quantitative estimate of drug-likeness (QED) is 0.499. The lowest BCUT2D eigenvalue weighted by Gasteiger charge is -1.95. The summed E-state index contributed by atoms with van der Waals surface area (Å²) in [6, 6.07) is 5.48. The maximum atomic E-state index is 12.5. The Bertz CT molecular complexity index is 354. The second-order valence-electron chi connectivity index (χ2n) is 2.53.